The fraction of sp³-hybridized carbons (Fsp3) is 0.419. The van der Waals surface area contributed by atoms with Gasteiger partial charge in [-0.25, -0.2) is 23.1 Å². The van der Waals surface area contributed by atoms with Crippen molar-refractivity contribution in [1.82, 2.24) is 24.5 Å². The van der Waals surface area contributed by atoms with Crippen LogP contribution in [-0.4, -0.2) is 90.2 Å². The molecule has 13 heteroatoms. The van der Waals surface area contributed by atoms with E-state index in [1.807, 2.05) is 6.07 Å². The van der Waals surface area contributed by atoms with Crippen molar-refractivity contribution < 1.29 is 27.8 Å². The van der Waals surface area contributed by atoms with Crippen LogP contribution < -0.4 is 10.6 Å². The number of piperidine rings is 1. The smallest absolute Gasteiger partial charge is 0.409 e. The minimum absolute atomic E-state index is 0.0621. The van der Waals surface area contributed by atoms with E-state index >= 15 is 8.78 Å². The second-order valence-electron chi connectivity index (χ2n) is 11.5. The highest BCUT2D eigenvalue weighted by Crippen LogP contribution is 2.37. The van der Waals surface area contributed by atoms with Gasteiger partial charge in [-0.2, -0.15) is 5.10 Å². The quantitative estimate of drug-likeness (QED) is 0.337. The van der Waals surface area contributed by atoms with Gasteiger partial charge < -0.3 is 29.7 Å². The molecule has 1 amide bonds. The maximum atomic E-state index is 15.4. The molecule has 2 N–H and O–H groups in total. The summed E-state index contributed by atoms with van der Waals surface area (Å²) >= 11 is 0. The molecule has 2 aliphatic rings. The molecule has 3 aromatic heterocycles. The van der Waals surface area contributed by atoms with Crippen LogP contribution >= 0.6 is 0 Å². The number of hydrogen-bond donors (Lipinski definition) is 1. The SMILES string of the molecule is COC(=O)N(C)[C@@H]1[C@H](N)CN(c2ccncc2Cc2ncc3ccc(-c4c(F)cc(C5(OC)COC5)cc4F)nn23)C[C@@H]1C. The minimum atomic E-state index is -0.856. The molecular weight excluding hydrogens is 572 g/mol. The van der Waals surface area contributed by atoms with Gasteiger partial charge in [-0.1, -0.05) is 6.92 Å². The van der Waals surface area contributed by atoms with Crippen LogP contribution in [0, 0.1) is 17.6 Å². The van der Waals surface area contributed by atoms with Crippen LogP contribution in [0.5, 0.6) is 0 Å². The van der Waals surface area contributed by atoms with Crippen molar-refractivity contribution in [3.63, 3.8) is 0 Å². The molecule has 2 saturated heterocycles. The van der Waals surface area contributed by atoms with E-state index in [1.54, 1.807) is 47.2 Å². The maximum Gasteiger partial charge on any atom is 0.409 e. The number of aromatic nitrogens is 4. The average molecular weight is 608 g/mol. The molecule has 0 bridgehead atoms. The summed E-state index contributed by atoms with van der Waals surface area (Å²) in [4.78, 5) is 24.9. The minimum Gasteiger partial charge on any atom is -0.453 e. The molecule has 6 rings (SSSR count). The Hall–Kier alpha value is -4.20. The van der Waals surface area contributed by atoms with Gasteiger partial charge in [-0.05, 0) is 41.8 Å². The first-order valence-electron chi connectivity index (χ1n) is 14.4. The molecule has 2 fully saturated rings. The van der Waals surface area contributed by atoms with E-state index in [0.717, 1.165) is 11.3 Å². The first-order valence-corrected chi connectivity index (χ1v) is 14.4. The molecule has 0 saturated carbocycles. The van der Waals surface area contributed by atoms with Gasteiger partial charge in [0.2, 0.25) is 0 Å². The van der Waals surface area contributed by atoms with Crippen LogP contribution in [0.1, 0.15) is 23.9 Å². The molecular formula is C31H35F2N7O4. The summed E-state index contributed by atoms with van der Waals surface area (Å²) in [7, 11) is 4.56. The molecule has 0 radical (unpaired) electrons. The van der Waals surface area contributed by atoms with Crippen molar-refractivity contribution in [1.29, 1.82) is 0 Å². The molecule has 5 heterocycles. The topological polar surface area (TPSA) is 120 Å². The lowest BCUT2D eigenvalue weighted by Gasteiger charge is -2.45. The van der Waals surface area contributed by atoms with Crippen LogP contribution in [0.15, 0.2) is 48.9 Å². The van der Waals surface area contributed by atoms with Gasteiger partial charge in [0.15, 0.2) is 0 Å². The Labute approximate surface area is 253 Å². The van der Waals surface area contributed by atoms with E-state index in [9.17, 15) is 4.79 Å². The molecule has 1 aromatic carbocycles. The summed E-state index contributed by atoms with van der Waals surface area (Å²) in [6.45, 7) is 3.70. The lowest BCUT2D eigenvalue weighted by molar-refractivity contribution is -0.202. The van der Waals surface area contributed by atoms with Crippen LogP contribution in [0.2, 0.25) is 0 Å². The molecule has 44 heavy (non-hydrogen) atoms. The summed E-state index contributed by atoms with van der Waals surface area (Å²) in [5.74, 6) is -0.834. The zero-order valence-electron chi connectivity index (χ0n) is 25.0. The Bertz CT molecular complexity index is 1650. The number of carbonyl (C=O) groups is 1. The predicted octanol–water partition coefficient (Wildman–Crippen LogP) is 3.38. The van der Waals surface area contributed by atoms with Crippen molar-refractivity contribution in [2.75, 3.05) is 52.5 Å². The highest BCUT2D eigenvalue weighted by atomic mass is 19.1. The van der Waals surface area contributed by atoms with Crippen LogP contribution in [-0.2, 0) is 26.2 Å². The van der Waals surface area contributed by atoms with Crippen LogP contribution in [0.25, 0.3) is 16.8 Å². The number of hydrogen-bond acceptors (Lipinski definition) is 9. The summed E-state index contributed by atoms with van der Waals surface area (Å²) in [6, 6.07) is 7.31. The molecule has 4 aromatic rings. The van der Waals surface area contributed by atoms with Crippen molar-refractivity contribution in [3.05, 3.63) is 77.5 Å². The number of anilines is 1. The van der Waals surface area contributed by atoms with Crippen molar-refractivity contribution in [3.8, 4) is 11.3 Å². The van der Waals surface area contributed by atoms with Gasteiger partial charge in [0.1, 0.15) is 23.1 Å². The number of amides is 1. The van der Waals surface area contributed by atoms with Gasteiger partial charge in [0.05, 0.1) is 49.3 Å². The Morgan fingerprint density at radius 2 is 1.91 bits per heavy atom. The fourth-order valence-corrected chi connectivity index (χ4v) is 6.44. The number of ether oxygens (including phenoxy) is 3. The Morgan fingerprint density at radius 3 is 2.55 bits per heavy atom. The number of methoxy groups -OCH3 is 2. The molecule has 232 valence electrons. The second kappa shape index (κ2) is 11.7. The van der Waals surface area contributed by atoms with E-state index in [2.05, 4.69) is 26.9 Å². The monoisotopic (exact) mass is 607 g/mol. The average Bonchev–Trinajstić information content (AvgIpc) is 3.37. The Morgan fingerprint density at radius 1 is 1.16 bits per heavy atom. The molecule has 0 spiro atoms. The Kier molecular flexibility index (Phi) is 7.95. The molecule has 2 aliphatic heterocycles. The van der Waals surface area contributed by atoms with E-state index in [0.29, 0.717) is 36.4 Å². The zero-order valence-corrected chi connectivity index (χ0v) is 25.0. The van der Waals surface area contributed by atoms with E-state index < -0.39 is 23.3 Å². The summed E-state index contributed by atoms with van der Waals surface area (Å²) in [5, 5.41) is 4.60. The summed E-state index contributed by atoms with van der Waals surface area (Å²) < 4.78 is 48.1. The molecule has 0 aliphatic carbocycles. The molecule has 0 unspecified atom stereocenters. The zero-order chi connectivity index (χ0) is 31.2. The Balaban J connectivity index is 1.28. The number of pyridine rings is 1. The van der Waals surface area contributed by atoms with E-state index in [4.69, 9.17) is 19.9 Å². The standard InChI is InChI=1S/C31H35F2N7O4/c1-18-14-39(15-24(34)29(18)38(2)30(41)42-3)26-7-8-35-12-19(26)9-27-36-13-21-5-6-25(37-40(21)27)28-22(32)10-20(11-23(28)33)31(43-4)16-44-17-31/h5-8,10-13,18,24,29H,9,14-17,34H2,1-4H3/t18-,24+,29-/m0/s1. The molecule has 3 atom stereocenters. The van der Waals surface area contributed by atoms with Gasteiger partial charge in [0.25, 0.3) is 0 Å². The van der Waals surface area contributed by atoms with Crippen LogP contribution in [0.4, 0.5) is 19.3 Å². The highest BCUT2D eigenvalue weighted by Gasteiger charge is 2.42. The third kappa shape index (κ3) is 5.14. The summed E-state index contributed by atoms with van der Waals surface area (Å²) in [5.41, 5.74) is 8.53. The maximum absolute atomic E-state index is 15.4. The largest absolute Gasteiger partial charge is 0.453 e. The number of fused-ring (bicyclic) bond motifs is 1. The number of halogens is 2. The van der Waals surface area contributed by atoms with E-state index in [1.165, 1.54) is 26.4 Å². The highest BCUT2D eigenvalue weighted by molar-refractivity contribution is 5.68. The fourth-order valence-electron chi connectivity index (χ4n) is 6.44. The third-order valence-electron chi connectivity index (χ3n) is 8.78. The second-order valence-corrected chi connectivity index (χ2v) is 11.5. The third-order valence-corrected chi connectivity index (χ3v) is 8.78. The van der Waals surface area contributed by atoms with Crippen molar-refractivity contribution in [2.24, 2.45) is 11.7 Å². The first kappa shape index (κ1) is 29.9. The van der Waals surface area contributed by atoms with Crippen molar-refractivity contribution >= 4 is 17.3 Å². The lowest BCUT2D eigenvalue weighted by atomic mass is 9.88. The normalized spacial score (nSPS) is 21.2. The lowest BCUT2D eigenvalue weighted by Crippen LogP contribution is -2.62. The van der Waals surface area contributed by atoms with Gasteiger partial charge in [-0.15, -0.1) is 0 Å². The van der Waals surface area contributed by atoms with Gasteiger partial charge in [-0.3, -0.25) is 4.98 Å². The number of rotatable bonds is 7. The number of imidazole rings is 1. The number of nitrogens with zero attached hydrogens (tertiary/aromatic N) is 6. The van der Waals surface area contributed by atoms with E-state index in [-0.39, 0.29) is 42.5 Å². The summed E-state index contributed by atoms with van der Waals surface area (Å²) in [6.07, 6.45) is 5.11. The number of likely N-dealkylation sites (N-methyl/N-ethyl adjacent to an activating group) is 1. The van der Waals surface area contributed by atoms with Gasteiger partial charge in [0, 0.05) is 63.4 Å². The number of nitrogens with two attached hydrogens (primary N) is 1. The first-order chi connectivity index (χ1) is 21.2. The van der Waals surface area contributed by atoms with Crippen molar-refractivity contribution in [2.45, 2.75) is 31.0 Å². The molecule has 11 nitrogen and oxygen atoms in total. The predicted molar refractivity (Wildman–Crippen MR) is 158 cm³/mol. The number of benzene rings is 1. The van der Waals surface area contributed by atoms with Crippen LogP contribution in [0.3, 0.4) is 0 Å². The van der Waals surface area contributed by atoms with Gasteiger partial charge >= 0.3 is 6.09 Å². The number of carbonyl (C=O) groups excluding carboxylic acids is 1.